The summed E-state index contributed by atoms with van der Waals surface area (Å²) in [5.74, 6) is -0.828. The summed E-state index contributed by atoms with van der Waals surface area (Å²) in [6, 6.07) is 18.6. The van der Waals surface area contributed by atoms with E-state index in [0.717, 1.165) is 9.87 Å². The smallest absolute Gasteiger partial charge is 0.244 e. The molecular formula is C32H38FN3O6S. The van der Waals surface area contributed by atoms with Crippen LogP contribution in [0, 0.1) is 5.82 Å². The molecule has 0 saturated carbocycles. The van der Waals surface area contributed by atoms with E-state index in [1.54, 1.807) is 12.1 Å². The average molecular weight is 612 g/mol. The molecule has 0 saturated heterocycles. The number of sulfonamides is 1. The van der Waals surface area contributed by atoms with Gasteiger partial charge in [-0.25, -0.2) is 12.8 Å². The van der Waals surface area contributed by atoms with Gasteiger partial charge in [0, 0.05) is 24.6 Å². The monoisotopic (exact) mass is 611 g/mol. The topological polar surface area (TPSA) is 105 Å². The fourth-order valence-electron chi connectivity index (χ4n) is 4.70. The van der Waals surface area contributed by atoms with Gasteiger partial charge in [-0.05, 0) is 63.1 Å². The van der Waals surface area contributed by atoms with Crippen LogP contribution < -0.4 is 19.1 Å². The van der Waals surface area contributed by atoms with E-state index in [4.69, 9.17) is 9.47 Å². The summed E-state index contributed by atoms with van der Waals surface area (Å²) in [4.78, 5) is 29.4. The van der Waals surface area contributed by atoms with Crippen molar-refractivity contribution in [3.05, 3.63) is 89.7 Å². The zero-order chi connectivity index (χ0) is 31.2. The molecule has 3 aromatic rings. The van der Waals surface area contributed by atoms with Crippen LogP contribution in [-0.2, 0) is 32.6 Å². The third-order valence-electron chi connectivity index (χ3n) is 6.83. The first-order chi connectivity index (χ1) is 20.4. The molecule has 0 unspecified atom stereocenters. The predicted octanol–water partition coefficient (Wildman–Crippen LogP) is 4.31. The van der Waals surface area contributed by atoms with Crippen LogP contribution in [0.1, 0.15) is 38.8 Å². The lowest BCUT2D eigenvalue weighted by Gasteiger charge is -2.35. The van der Waals surface area contributed by atoms with Crippen LogP contribution in [0.4, 0.5) is 10.1 Å². The molecule has 0 aromatic heterocycles. The van der Waals surface area contributed by atoms with E-state index in [9.17, 15) is 22.4 Å². The number of carbonyl (C=O) groups is 2. The molecule has 2 amide bonds. The summed E-state index contributed by atoms with van der Waals surface area (Å²) in [5, 5.41) is 2.98. The van der Waals surface area contributed by atoms with Crippen LogP contribution in [0.3, 0.4) is 0 Å². The Morgan fingerprint density at radius 2 is 1.58 bits per heavy atom. The van der Waals surface area contributed by atoms with Gasteiger partial charge in [0.15, 0.2) is 11.5 Å². The number of benzene rings is 3. The van der Waals surface area contributed by atoms with Crippen molar-refractivity contribution in [1.82, 2.24) is 10.2 Å². The molecule has 3 aromatic carbocycles. The Morgan fingerprint density at radius 3 is 2.21 bits per heavy atom. The third kappa shape index (κ3) is 8.47. The quantitative estimate of drug-likeness (QED) is 0.347. The zero-order valence-electron chi connectivity index (χ0n) is 24.9. The van der Waals surface area contributed by atoms with Crippen LogP contribution in [0.15, 0.2) is 72.8 Å². The largest absolute Gasteiger partial charge is 0.486 e. The van der Waals surface area contributed by atoms with E-state index in [1.807, 2.05) is 51.1 Å². The molecule has 11 heteroatoms. The first-order valence-corrected chi connectivity index (χ1v) is 15.8. The lowest BCUT2D eigenvalue weighted by Crippen LogP contribution is -2.56. The number of hydrogen-bond acceptors (Lipinski definition) is 6. The van der Waals surface area contributed by atoms with E-state index >= 15 is 0 Å². The number of nitrogens with zero attached hydrogens (tertiary/aromatic N) is 2. The molecule has 1 N–H and O–H groups in total. The lowest BCUT2D eigenvalue weighted by molar-refractivity contribution is -0.140. The van der Waals surface area contributed by atoms with Crippen molar-refractivity contribution in [1.29, 1.82) is 0 Å². The van der Waals surface area contributed by atoms with Crippen molar-refractivity contribution in [2.45, 2.75) is 52.2 Å². The van der Waals surface area contributed by atoms with Crippen molar-refractivity contribution in [2.24, 2.45) is 0 Å². The molecule has 0 bridgehead atoms. The highest BCUT2D eigenvalue weighted by Crippen LogP contribution is 2.35. The number of carbonyl (C=O) groups excluding carboxylic acids is 2. The highest BCUT2D eigenvalue weighted by molar-refractivity contribution is 7.92. The zero-order valence-corrected chi connectivity index (χ0v) is 25.7. The Bertz CT molecular complexity index is 1520. The summed E-state index contributed by atoms with van der Waals surface area (Å²) in [6.45, 7) is 7.09. The summed E-state index contributed by atoms with van der Waals surface area (Å²) in [5.41, 5.74) is 1.04. The number of ether oxygens (including phenoxy) is 2. The first-order valence-electron chi connectivity index (χ1n) is 14.2. The van der Waals surface area contributed by atoms with Gasteiger partial charge in [0.2, 0.25) is 21.8 Å². The molecule has 9 nitrogen and oxygen atoms in total. The van der Waals surface area contributed by atoms with Gasteiger partial charge in [0.1, 0.15) is 31.6 Å². The van der Waals surface area contributed by atoms with Crippen molar-refractivity contribution in [3.63, 3.8) is 0 Å². The molecule has 1 heterocycles. The second-order valence-corrected chi connectivity index (χ2v) is 13.5. The van der Waals surface area contributed by atoms with Gasteiger partial charge in [-0.2, -0.15) is 0 Å². The van der Waals surface area contributed by atoms with E-state index in [1.165, 1.54) is 42.2 Å². The van der Waals surface area contributed by atoms with Gasteiger partial charge in [-0.3, -0.25) is 13.9 Å². The Hall–Kier alpha value is -4.12. The SMILES string of the molecule is CCS(=O)(=O)N(CC(=O)N(Cc1ccc(F)cc1)[C@@H](Cc1ccccc1)C(=O)NC(C)(C)C)c1ccc2c(c1)OCCO2. The maximum atomic E-state index is 14.3. The number of anilines is 1. The highest BCUT2D eigenvalue weighted by atomic mass is 32.2. The number of nitrogens with one attached hydrogen (secondary N) is 1. The summed E-state index contributed by atoms with van der Waals surface area (Å²) >= 11 is 0. The Morgan fingerprint density at radius 1 is 0.930 bits per heavy atom. The van der Waals surface area contributed by atoms with Gasteiger partial charge < -0.3 is 19.7 Å². The molecule has 4 rings (SSSR count). The van der Waals surface area contributed by atoms with Gasteiger partial charge >= 0.3 is 0 Å². The molecule has 0 spiro atoms. The minimum atomic E-state index is -3.94. The second-order valence-electron chi connectivity index (χ2n) is 11.3. The van der Waals surface area contributed by atoms with E-state index in [-0.39, 0.29) is 24.4 Å². The van der Waals surface area contributed by atoms with Crippen LogP contribution >= 0.6 is 0 Å². The van der Waals surface area contributed by atoms with Crippen LogP contribution in [0.2, 0.25) is 0 Å². The van der Waals surface area contributed by atoms with Gasteiger partial charge in [-0.1, -0.05) is 42.5 Å². The standard InChI is InChI=1S/C32H38FN3O6S/c1-5-43(39,40)36(26-15-16-28-29(20-26)42-18-17-41-28)22-30(37)35(21-24-11-13-25(33)14-12-24)27(31(38)34-32(2,3)4)19-23-9-7-6-8-10-23/h6-16,20,27H,5,17-19,21-22H2,1-4H3,(H,34,38)/t27-/m0/s1. The Labute approximate surface area is 252 Å². The number of rotatable bonds is 11. The maximum absolute atomic E-state index is 14.3. The number of hydrogen-bond donors (Lipinski definition) is 1. The van der Waals surface area contributed by atoms with E-state index in [0.29, 0.717) is 30.3 Å². The summed E-state index contributed by atoms with van der Waals surface area (Å²) < 4.78 is 52.8. The molecular weight excluding hydrogens is 573 g/mol. The van der Waals surface area contributed by atoms with Crippen molar-refractivity contribution < 1.29 is 31.9 Å². The first kappa shape index (κ1) is 31.8. The Balaban J connectivity index is 1.76. The van der Waals surface area contributed by atoms with Gasteiger partial charge in [0.05, 0.1) is 11.4 Å². The second kappa shape index (κ2) is 13.5. The lowest BCUT2D eigenvalue weighted by atomic mass is 10.0. The van der Waals surface area contributed by atoms with Crippen LogP contribution in [0.5, 0.6) is 11.5 Å². The van der Waals surface area contributed by atoms with Crippen LogP contribution in [-0.4, -0.2) is 62.2 Å². The summed E-state index contributed by atoms with van der Waals surface area (Å²) in [7, 11) is -3.94. The molecule has 230 valence electrons. The molecule has 0 aliphatic carbocycles. The van der Waals surface area contributed by atoms with Gasteiger partial charge in [0.25, 0.3) is 0 Å². The molecule has 0 fully saturated rings. The molecule has 1 aliphatic heterocycles. The number of amides is 2. The predicted molar refractivity (Wildman–Crippen MR) is 163 cm³/mol. The molecule has 1 atom stereocenters. The van der Waals surface area contributed by atoms with Crippen molar-refractivity contribution >= 4 is 27.5 Å². The normalized spacial score (nSPS) is 13.6. The fraction of sp³-hybridized carbons (Fsp3) is 0.375. The van der Waals surface area contributed by atoms with Crippen molar-refractivity contribution in [2.75, 3.05) is 29.8 Å². The van der Waals surface area contributed by atoms with Crippen molar-refractivity contribution in [3.8, 4) is 11.5 Å². The van der Waals surface area contributed by atoms with Gasteiger partial charge in [-0.15, -0.1) is 0 Å². The molecule has 1 aliphatic rings. The van der Waals surface area contributed by atoms with Crippen LogP contribution in [0.25, 0.3) is 0 Å². The average Bonchev–Trinajstić information content (AvgIpc) is 2.97. The van der Waals surface area contributed by atoms with E-state index < -0.39 is 45.8 Å². The minimum Gasteiger partial charge on any atom is -0.486 e. The fourth-order valence-corrected chi connectivity index (χ4v) is 5.75. The molecule has 43 heavy (non-hydrogen) atoms. The number of fused-ring (bicyclic) bond motifs is 1. The number of halogens is 1. The third-order valence-corrected chi connectivity index (χ3v) is 8.57. The molecule has 0 radical (unpaired) electrons. The minimum absolute atomic E-state index is 0.0463. The summed E-state index contributed by atoms with van der Waals surface area (Å²) in [6.07, 6.45) is 0.181. The van der Waals surface area contributed by atoms with E-state index in [2.05, 4.69) is 5.32 Å². The Kier molecular flexibility index (Phi) is 9.95. The maximum Gasteiger partial charge on any atom is 0.244 e. The highest BCUT2D eigenvalue weighted by Gasteiger charge is 2.35.